The molecular formula is C17H36N2O2. The number of hydrogen-bond donors (Lipinski definition) is 0. The Hall–Kier alpha value is -0.610. The van der Waals surface area contributed by atoms with Crippen LogP contribution in [0.2, 0.25) is 0 Å². The van der Waals surface area contributed by atoms with Crippen LogP contribution >= 0.6 is 0 Å². The summed E-state index contributed by atoms with van der Waals surface area (Å²) in [6.45, 7) is 11.6. The molecule has 0 N–H and O–H groups in total. The lowest BCUT2D eigenvalue weighted by atomic mass is 10.1. The molecule has 21 heavy (non-hydrogen) atoms. The van der Waals surface area contributed by atoms with Gasteiger partial charge in [-0.05, 0) is 0 Å². The van der Waals surface area contributed by atoms with Crippen molar-refractivity contribution >= 4 is 5.91 Å². The Morgan fingerprint density at radius 2 is 1.48 bits per heavy atom. The van der Waals surface area contributed by atoms with Crippen molar-refractivity contribution < 1.29 is 9.53 Å². The van der Waals surface area contributed by atoms with E-state index in [1.807, 2.05) is 4.90 Å². The zero-order valence-electron chi connectivity index (χ0n) is 14.7. The van der Waals surface area contributed by atoms with E-state index in [2.05, 4.69) is 18.7 Å². The largest absolute Gasteiger partial charge is 0.383 e. The third-order valence-electron chi connectivity index (χ3n) is 3.89. The molecular weight excluding hydrogens is 264 g/mol. The topological polar surface area (TPSA) is 32.8 Å². The van der Waals surface area contributed by atoms with Gasteiger partial charge in [-0.2, -0.15) is 0 Å². The lowest BCUT2D eigenvalue weighted by Crippen LogP contribution is -2.48. The fourth-order valence-corrected chi connectivity index (χ4v) is 2.36. The van der Waals surface area contributed by atoms with Crippen LogP contribution in [-0.2, 0) is 9.53 Å². The van der Waals surface area contributed by atoms with Gasteiger partial charge in [0.25, 0.3) is 0 Å². The number of rotatable bonds is 8. The van der Waals surface area contributed by atoms with Crippen molar-refractivity contribution in [2.75, 3.05) is 46.4 Å². The molecule has 0 bridgehead atoms. The molecule has 4 nitrogen and oxygen atoms in total. The fraction of sp³-hybridized carbons (Fsp3) is 0.941. The molecule has 0 unspecified atom stereocenters. The molecule has 0 aromatic rings. The van der Waals surface area contributed by atoms with Crippen molar-refractivity contribution in [2.45, 2.75) is 59.3 Å². The minimum atomic E-state index is 0.186. The maximum atomic E-state index is 11.0. The van der Waals surface area contributed by atoms with Crippen LogP contribution in [0.3, 0.4) is 0 Å². The monoisotopic (exact) mass is 300 g/mol. The molecule has 0 radical (unpaired) electrons. The summed E-state index contributed by atoms with van der Waals surface area (Å²) in [5.41, 5.74) is 0. The number of ether oxygens (including phenoxy) is 1. The van der Waals surface area contributed by atoms with Crippen molar-refractivity contribution in [3.8, 4) is 0 Å². The van der Waals surface area contributed by atoms with Gasteiger partial charge in [0.15, 0.2) is 0 Å². The minimum Gasteiger partial charge on any atom is -0.383 e. The van der Waals surface area contributed by atoms with Crippen LogP contribution in [0.5, 0.6) is 0 Å². The number of methoxy groups -OCH3 is 1. The summed E-state index contributed by atoms with van der Waals surface area (Å²) in [5.74, 6) is 0.186. The second kappa shape index (κ2) is 14.3. The number of unbranched alkanes of at least 4 members (excludes halogenated alkanes) is 5. The van der Waals surface area contributed by atoms with Gasteiger partial charge in [-0.1, -0.05) is 52.4 Å². The molecule has 0 aromatic carbocycles. The Bertz CT molecular complexity index is 233. The van der Waals surface area contributed by atoms with Gasteiger partial charge in [-0.3, -0.25) is 9.69 Å². The summed E-state index contributed by atoms with van der Waals surface area (Å²) in [6, 6.07) is 0. The maximum Gasteiger partial charge on any atom is 0.219 e. The molecule has 4 heteroatoms. The van der Waals surface area contributed by atoms with Crippen LogP contribution in [0.25, 0.3) is 0 Å². The Labute approximate surface area is 131 Å². The predicted molar refractivity (Wildman–Crippen MR) is 89.6 cm³/mol. The minimum absolute atomic E-state index is 0.186. The van der Waals surface area contributed by atoms with Crippen molar-refractivity contribution in [3.05, 3.63) is 0 Å². The molecule has 1 aliphatic heterocycles. The molecule has 0 saturated carbocycles. The van der Waals surface area contributed by atoms with Crippen LogP contribution in [0.15, 0.2) is 0 Å². The van der Waals surface area contributed by atoms with Crippen molar-refractivity contribution in [2.24, 2.45) is 0 Å². The Morgan fingerprint density at radius 3 is 1.86 bits per heavy atom. The number of piperazine rings is 1. The summed E-state index contributed by atoms with van der Waals surface area (Å²) in [6.07, 6.45) is 8.49. The van der Waals surface area contributed by atoms with Gasteiger partial charge in [0, 0.05) is 46.8 Å². The van der Waals surface area contributed by atoms with E-state index in [9.17, 15) is 4.79 Å². The van der Waals surface area contributed by atoms with Gasteiger partial charge in [-0.15, -0.1) is 0 Å². The first-order valence-corrected chi connectivity index (χ1v) is 8.62. The van der Waals surface area contributed by atoms with Gasteiger partial charge in [0.05, 0.1) is 6.61 Å². The van der Waals surface area contributed by atoms with Gasteiger partial charge >= 0.3 is 0 Å². The molecule has 1 aliphatic rings. The van der Waals surface area contributed by atoms with E-state index in [-0.39, 0.29) is 5.91 Å². The Balaban J connectivity index is 0.000000433. The molecule has 0 atom stereocenters. The fourth-order valence-electron chi connectivity index (χ4n) is 2.36. The average Bonchev–Trinajstić information content (AvgIpc) is 2.50. The number of hydrogen-bond acceptors (Lipinski definition) is 3. The number of carbonyl (C=O) groups excluding carboxylic acids is 1. The van der Waals surface area contributed by atoms with E-state index in [0.717, 1.165) is 39.3 Å². The standard InChI is InChI=1S/C9H18N2O2.C8H18/c1-9(12)11-5-3-10(4-6-11)7-8-13-2;1-3-5-7-8-6-4-2/h3-8H2,1-2H3;3-8H2,1-2H3. The van der Waals surface area contributed by atoms with Crippen molar-refractivity contribution in [1.29, 1.82) is 0 Å². The third-order valence-corrected chi connectivity index (χ3v) is 3.89. The first-order chi connectivity index (χ1) is 10.2. The number of amides is 1. The van der Waals surface area contributed by atoms with Crippen LogP contribution in [-0.4, -0.2) is 62.1 Å². The van der Waals surface area contributed by atoms with Gasteiger partial charge in [0.1, 0.15) is 0 Å². The molecule has 0 aliphatic carbocycles. The summed E-state index contributed by atoms with van der Waals surface area (Å²) in [5, 5.41) is 0. The summed E-state index contributed by atoms with van der Waals surface area (Å²) < 4.78 is 5.00. The zero-order valence-corrected chi connectivity index (χ0v) is 14.7. The van der Waals surface area contributed by atoms with Crippen LogP contribution in [0.4, 0.5) is 0 Å². The first-order valence-electron chi connectivity index (χ1n) is 8.62. The highest BCUT2D eigenvalue weighted by Crippen LogP contribution is 2.03. The van der Waals surface area contributed by atoms with Crippen molar-refractivity contribution in [1.82, 2.24) is 9.80 Å². The SMILES string of the molecule is CCCCCCCC.COCCN1CCN(C(C)=O)CC1. The number of carbonyl (C=O) groups is 1. The van der Waals surface area contributed by atoms with Gasteiger partial charge < -0.3 is 9.64 Å². The zero-order chi connectivity index (χ0) is 15.9. The molecule has 0 aromatic heterocycles. The lowest BCUT2D eigenvalue weighted by molar-refractivity contribution is -0.130. The van der Waals surface area contributed by atoms with Crippen LogP contribution < -0.4 is 0 Å². The predicted octanol–water partition coefficient (Wildman–Crippen LogP) is 3.16. The normalized spacial score (nSPS) is 15.5. The molecule has 1 fully saturated rings. The van der Waals surface area contributed by atoms with Gasteiger partial charge in [0.2, 0.25) is 5.91 Å². The smallest absolute Gasteiger partial charge is 0.219 e. The van der Waals surface area contributed by atoms with E-state index in [4.69, 9.17) is 4.74 Å². The van der Waals surface area contributed by atoms with E-state index >= 15 is 0 Å². The molecule has 1 heterocycles. The van der Waals surface area contributed by atoms with Crippen LogP contribution in [0, 0.1) is 0 Å². The highest BCUT2D eigenvalue weighted by Gasteiger charge is 2.17. The lowest BCUT2D eigenvalue weighted by Gasteiger charge is -2.33. The molecule has 1 rings (SSSR count). The van der Waals surface area contributed by atoms with E-state index < -0.39 is 0 Å². The Morgan fingerprint density at radius 1 is 0.952 bits per heavy atom. The quantitative estimate of drug-likeness (QED) is 0.646. The molecule has 126 valence electrons. The average molecular weight is 300 g/mol. The second-order valence-corrected chi connectivity index (χ2v) is 5.75. The molecule has 1 saturated heterocycles. The highest BCUT2D eigenvalue weighted by molar-refractivity contribution is 5.73. The van der Waals surface area contributed by atoms with Crippen LogP contribution in [0.1, 0.15) is 59.3 Å². The van der Waals surface area contributed by atoms with E-state index in [1.54, 1.807) is 14.0 Å². The number of nitrogens with zero attached hydrogens (tertiary/aromatic N) is 2. The first kappa shape index (κ1) is 20.4. The van der Waals surface area contributed by atoms with Crippen molar-refractivity contribution in [3.63, 3.8) is 0 Å². The second-order valence-electron chi connectivity index (χ2n) is 5.75. The summed E-state index contributed by atoms with van der Waals surface area (Å²) >= 11 is 0. The highest BCUT2D eigenvalue weighted by atomic mass is 16.5. The molecule has 0 spiro atoms. The van der Waals surface area contributed by atoms with E-state index in [1.165, 1.54) is 38.5 Å². The molecule has 1 amide bonds. The maximum absolute atomic E-state index is 11.0. The summed E-state index contributed by atoms with van der Waals surface area (Å²) in [4.78, 5) is 15.2. The third kappa shape index (κ3) is 11.7. The van der Waals surface area contributed by atoms with E-state index in [0.29, 0.717) is 0 Å². The Kier molecular flexibility index (Phi) is 13.9. The summed E-state index contributed by atoms with van der Waals surface area (Å²) in [7, 11) is 1.71. The van der Waals surface area contributed by atoms with Gasteiger partial charge in [-0.25, -0.2) is 0 Å².